The number of aromatic nitrogens is 6. The van der Waals surface area contributed by atoms with Gasteiger partial charge >= 0.3 is 0 Å². The molecule has 24 heavy (non-hydrogen) atoms. The second-order valence-electron chi connectivity index (χ2n) is 5.42. The number of hydrogen-bond acceptors (Lipinski definition) is 6. The molecule has 0 atom stereocenters. The predicted molar refractivity (Wildman–Crippen MR) is 91.9 cm³/mol. The van der Waals surface area contributed by atoms with Gasteiger partial charge in [-0.05, 0) is 25.1 Å². The molecule has 0 aromatic carbocycles. The fourth-order valence-electron chi connectivity index (χ4n) is 2.50. The molecular weight excluding hydrogens is 324 g/mol. The Morgan fingerprint density at radius 2 is 2.29 bits per heavy atom. The van der Waals surface area contributed by atoms with E-state index >= 15 is 0 Å². The molecule has 0 amide bonds. The van der Waals surface area contributed by atoms with E-state index in [9.17, 15) is 4.79 Å². The quantitative estimate of drug-likeness (QED) is 0.616. The van der Waals surface area contributed by atoms with Crippen molar-refractivity contribution in [2.24, 2.45) is 0 Å². The molecule has 0 radical (unpaired) electrons. The van der Waals surface area contributed by atoms with Crippen LogP contribution in [0.4, 0.5) is 0 Å². The van der Waals surface area contributed by atoms with E-state index in [4.69, 9.17) is 0 Å². The predicted octanol–water partition coefficient (Wildman–Crippen LogP) is 2.19. The molecule has 120 valence electrons. The minimum absolute atomic E-state index is 0.0173. The number of hydrogen-bond donors (Lipinski definition) is 1. The zero-order valence-corrected chi connectivity index (χ0v) is 13.7. The highest BCUT2D eigenvalue weighted by molar-refractivity contribution is 7.18. The zero-order valence-electron chi connectivity index (χ0n) is 12.9. The highest BCUT2D eigenvalue weighted by Gasteiger charge is 2.09. The molecule has 4 aromatic heterocycles. The number of aromatic amines is 1. The van der Waals surface area contributed by atoms with Crippen LogP contribution in [0.25, 0.3) is 21.6 Å². The Kier molecular flexibility index (Phi) is 3.66. The van der Waals surface area contributed by atoms with Crippen molar-refractivity contribution in [3.8, 4) is 11.4 Å². The van der Waals surface area contributed by atoms with E-state index < -0.39 is 0 Å². The second kappa shape index (κ2) is 5.97. The maximum absolute atomic E-state index is 12.5. The van der Waals surface area contributed by atoms with Gasteiger partial charge < -0.3 is 0 Å². The van der Waals surface area contributed by atoms with E-state index in [1.807, 2.05) is 25.1 Å². The zero-order chi connectivity index (χ0) is 16.5. The summed E-state index contributed by atoms with van der Waals surface area (Å²) in [6.45, 7) is 2.48. The van der Waals surface area contributed by atoms with Crippen molar-refractivity contribution >= 4 is 21.6 Å². The van der Waals surface area contributed by atoms with Gasteiger partial charge in [0.25, 0.3) is 5.56 Å². The number of H-pyrrole nitrogens is 1. The molecule has 0 saturated carbocycles. The van der Waals surface area contributed by atoms with Crippen LogP contribution in [0, 0.1) is 6.92 Å². The molecule has 4 aromatic rings. The van der Waals surface area contributed by atoms with Crippen molar-refractivity contribution in [3.05, 3.63) is 58.0 Å². The minimum Gasteiger partial charge on any atom is -0.298 e. The lowest BCUT2D eigenvalue weighted by Crippen LogP contribution is -2.21. The first-order chi connectivity index (χ1) is 11.7. The van der Waals surface area contributed by atoms with Crippen molar-refractivity contribution in [1.29, 1.82) is 0 Å². The molecule has 7 nitrogen and oxygen atoms in total. The van der Waals surface area contributed by atoms with Crippen LogP contribution in [0.15, 0.2) is 41.7 Å². The monoisotopic (exact) mass is 338 g/mol. The lowest BCUT2D eigenvalue weighted by Gasteiger charge is -2.02. The average molecular weight is 338 g/mol. The first-order valence-corrected chi connectivity index (χ1v) is 8.29. The van der Waals surface area contributed by atoms with Gasteiger partial charge in [0, 0.05) is 35.8 Å². The smallest absolute Gasteiger partial charge is 0.262 e. The topological polar surface area (TPSA) is 89.4 Å². The fraction of sp³-hybridized carbons (Fsp3) is 0.188. The van der Waals surface area contributed by atoms with Crippen LogP contribution < -0.4 is 5.56 Å². The van der Waals surface area contributed by atoms with Crippen LogP contribution in [0.3, 0.4) is 0 Å². The number of thiophene rings is 1. The van der Waals surface area contributed by atoms with Gasteiger partial charge in [0.15, 0.2) is 5.82 Å². The van der Waals surface area contributed by atoms with Crippen molar-refractivity contribution in [2.75, 3.05) is 0 Å². The van der Waals surface area contributed by atoms with Crippen LogP contribution in [-0.2, 0) is 13.0 Å². The average Bonchev–Trinajstić information content (AvgIpc) is 3.22. The second-order valence-corrected chi connectivity index (χ2v) is 6.65. The van der Waals surface area contributed by atoms with Crippen LogP contribution >= 0.6 is 11.3 Å². The largest absolute Gasteiger partial charge is 0.298 e. The highest BCUT2D eigenvalue weighted by atomic mass is 32.1. The number of nitrogens with zero attached hydrogens (tertiary/aromatic N) is 5. The highest BCUT2D eigenvalue weighted by Crippen LogP contribution is 2.19. The summed E-state index contributed by atoms with van der Waals surface area (Å²) in [4.78, 5) is 27.2. The number of fused-ring (bicyclic) bond motifs is 1. The summed E-state index contributed by atoms with van der Waals surface area (Å²) in [7, 11) is 0. The molecule has 8 heteroatoms. The van der Waals surface area contributed by atoms with Crippen molar-refractivity contribution in [3.63, 3.8) is 0 Å². The van der Waals surface area contributed by atoms with Crippen molar-refractivity contribution in [2.45, 2.75) is 19.9 Å². The van der Waals surface area contributed by atoms with Gasteiger partial charge in [0.2, 0.25) is 0 Å². The van der Waals surface area contributed by atoms with Crippen molar-refractivity contribution < 1.29 is 0 Å². The Labute approximate surface area is 141 Å². The molecule has 0 aliphatic heterocycles. The van der Waals surface area contributed by atoms with Crippen LogP contribution in [-0.4, -0.2) is 29.7 Å². The van der Waals surface area contributed by atoms with Gasteiger partial charge in [-0.2, -0.15) is 5.10 Å². The standard InChI is InChI=1S/C16H14N6OS/c1-10-7-12-15(24-10)18-9-22(16(12)23)6-4-13-19-14(21-20-13)11-3-2-5-17-8-11/h2-3,5,7-9H,4,6H2,1H3,(H,19,20,21). The summed E-state index contributed by atoms with van der Waals surface area (Å²) in [5.41, 5.74) is 0.838. The Hall–Kier alpha value is -2.87. The van der Waals surface area contributed by atoms with Crippen LogP contribution in [0.2, 0.25) is 0 Å². The molecule has 0 unspecified atom stereocenters. The van der Waals surface area contributed by atoms with Gasteiger partial charge in [0.1, 0.15) is 10.7 Å². The van der Waals surface area contributed by atoms with E-state index in [2.05, 4.69) is 25.1 Å². The number of nitrogens with one attached hydrogen (secondary N) is 1. The Bertz CT molecular complexity index is 1050. The van der Waals surface area contributed by atoms with Gasteiger partial charge in [-0.3, -0.25) is 19.4 Å². The first-order valence-electron chi connectivity index (χ1n) is 7.48. The lowest BCUT2D eigenvalue weighted by atomic mass is 10.3. The lowest BCUT2D eigenvalue weighted by molar-refractivity contribution is 0.645. The molecular formula is C16H14N6OS. The third-order valence-electron chi connectivity index (χ3n) is 3.68. The van der Waals surface area contributed by atoms with Gasteiger partial charge in [-0.15, -0.1) is 11.3 Å². The van der Waals surface area contributed by atoms with Crippen LogP contribution in [0.5, 0.6) is 0 Å². The maximum atomic E-state index is 12.5. The van der Waals surface area contributed by atoms with Gasteiger partial charge in [-0.25, -0.2) is 9.97 Å². The maximum Gasteiger partial charge on any atom is 0.262 e. The normalized spacial score (nSPS) is 11.2. The fourth-order valence-corrected chi connectivity index (χ4v) is 3.33. The number of rotatable bonds is 4. The molecule has 4 rings (SSSR count). The Morgan fingerprint density at radius 3 is 3.12 bits per heavy atom. The summed E-state index contributed by atoms with van der Waals surface area (Å²) >= 11 is 1.53. The molecule has 0 spiro atoms. The number of pyridine rings is 1. The SMILES string of the molecule is Cc1cc2c(=O)n(CCc3nc(-c4cccnc4)n[nH]3)cnc2s1. The molecule has 4 heterocycles. The summed E-state index contributed by atoms with van der Waals surface area (Å²) in [6.07, 6.45) is 5.59. The third-order valence-corrected chi connectivity index (χ3v) is 4.64. The molecule has 0 aliphatic carbocycles. The first kappa shape index (κ1) is 14.7. The van der Waals surface area contributed by atoms with Gasteiger partial charge in [-0.1, -0.05) is 0 Å². The molecule has 0 bridgehead atoms. The molecule has 1 N–H and O–H groups in total. The van der Waals surface area contributed by atoms with Crippen molar-refractivity contribution in [1.82, 2.24) is 29.7 Å². The van der Waals surface area contributed by atoms with Crippen LogP contribution in [0.1, 0.15) is 10.7 Å². The van der Waals surface area contributed by atoms with E-state index in [1.165, 1.54) is 11.3 Å². The summed E-state index contributed by atoms with van der Waals surface area (Å²) < 4.78 is 1.61. The summed E-state index contributed by atoms with van der Waals surface area (Å²) in [5.74, 6) is 1.33. The molecule has 0 saturated heterocycles. The third kappa shape index (κ3) is 2.71. The summed E-state index contributed by atoms with van der Waals surface area (Å²) in [5, 5.41) is 7.78. The van der Waals surface area contributed by atoms with E-state index in [1.54, 1.807) is 23.3 Å². The van der Waals surface area contributed by atoms with E-state index in [-0.39, 0.29) is 5.56 Å². The Morgan fingerprint density at radius 1 is 1.38 bits per heavy atom. The Balaban J connectivity index is 1.54. The number of aryl methyl sites for hydroxylation is 3. The summed E-state index contributed by atoms with van der Waals surface area (Å²) in [6, 6.07) is 5.64. The molecule has 0 aliphatic rings. The van der Waals surface area contributed by atoms with E-state index in [0.29, 0.717) is 24.2 Å². The minimum atomic E-state index is -0.0173. The van der Waals surface area contributed by atoms with E-state index in [0.717, 1.165) is 21.1 Å². The van der Waals surface area contributed by atoms with Gasteiger partial charge in [0.05, 0.1) is 11.7 Å². The molecule has 0 fully saturated rings.